The predicted molar refractivity (Wildman–Crippen MR) is 131 cm³/mol. The Morgan fingerprint density at radius 1 is 1.06 bits per heavy atom. The van der Waals surface area contributed by atoms with Crippen molar-refractivity contribution in [2.24, 2.45) is 5.92 Å². The van der Waals surface area contributed by atoms with Gasteiger partial charge in [0.1, 0.15) is 0 Å². The Morgan fingerprint density at radius 2 is 1.78 bits per heavy atom. The van der Waals surface area contributed by atoms with Crippen LogP contribution in [0.5, 0.6) is 0 Å². The van der Waals surface area contributed by atoms with Crippen LogP contribution in [0.2, 0.25) is 0 Å². The van der Waals surface area contributed by atoms with Crippen molar-refractivity contribution in [2.45, 2.75) is 58.5 Å². The van der Waals surface area contributed by atoms with Crippen LogP contribution in [0.1, 0.15) is 61.9 Å². The summed E-state index contributed by atoms with van der Waals surface area (Å²) in [6, 6.07) is 11.5. The highest BCUT2D eigenvalue weighted by atomic mass is 16.1. The number of nitrogens with one attached hydrogen (secondary N) is 1. The van der Waals surface area contributed by atoms with E-state index in [2.05, 4.69) is 58.2 Å². The number of likely N-dealkylation sites (tertiary alicyclic amines) is 2. The zero-order chi connectivity index (χ0) is 22.3. The Labute approximate surface area is 193 Å². The second-order valence-corrected chi connectivity index (χ2v) is 9.63. The number of nitrogens with zero attached hydrogens (tertiary/aromatic N) is 3. The molecule has 0 spiro atoms. The molecule has 0 radical (unpaired) electrons. The van der Waals surface area contributed by atoms with Gasteiger partial charge in [-0.3, -0.25) is 14.7 Å². The maximum atomic E-state index is 12.5. The van der Waals surface area contributed by atoms with Crippen LogP contribution in [0.25, 0.3) is 11.1 Å². The normalized spacial score (nSPS) is 19.2. The van der Waals surface area contributed by atoms with Crippen LogP contribution in [-0.2, 0) is 6.54 Å². The summed E-state index contributed by atoms with van der Waals surface area (Å²) in [6.07, 6.45) is 9.91. The van der Waals surface area contributed by atoms with Gasteiger partial charge in [-0.05, 0) is 75.0 Å². The molecule has 2 fully saturated rings. The Bertz CT molecular complexity index is 867. The molecule has 0 unspecified atom stereocenters. The van der Waals surface area contributed by atoms with Gasteiger partial charge in [-0.2, -0.15) is 0 Å². The Balaban J connectivity index is 1.31. The lowest BCUT2D eigenvalue weighted by atomic mass is 10.0. The molecule has 0 saturated carbocycles. The van der Waals surface area contributed by atoms with Crippen LogP contribution in [0.3, 0.4) is 0 Å². The molecule has 0 bridgehead atoms. The first-order valence-corrected chi connectivity index (χ1v) is 12.4. The number of piperidine rings is 1. The van der Waals surface area contributed by atoms with E-state index in [0.29, 0.717) is 18.0 Å². The van der Waals surface area contributed by atoms with Crippen molar-refractivity contribution in [1.82, 2.24) is 20.1 Å². The molecule has 32 heavy (non-hydrogen) atoms. The van der Waals surface area contributed by atoms with E-state index in [1.165, 1.54) is 57.4 Å². The minimum atomic E-state index is -0.0476. The number of aromatic nitrogens is 1. The quantitative estimate of drug-likeness (QED) is 0.660. The lowest BCUT2D eigenvalue weighted by Gasteiger charge is -2.36. The number of rotatable bonds is 8. The first kappa shape index (κ1) is 22.9. The number of benzene rings is 1. The van der Waals surface area contributed by atoms with Gasteiger partial charge in [0.2, 0.25) is 0 Å². The van der Waals surface area contributed by atoms with Gasteiger partial charge in [-0.1, -0.05) is 44.5 Å². The van der Waals surface area contributed by atoms with Crippen molar-refractivity contribution in [3.63, 3.8) is 0 Å². The highest BCUT2D eigenvalue weighted by molar-refractivity contribution is 5.95. The van der Waals surface area contributed by atoms with E-state index in [1.807, 2.05) is 12.3 Å². The molecular formula is C27H38N4O. The van der Waals surface area contributed by atoms with Gasteiger partial charge in [-0.15, -0.1) is 0 Å². The van der Waals surface area contributed by atoms with Crippen LogP contribution < -0.4 is 5.32 Å². The number of pyridine rings is 1. The van der Waals surface area contributed by atoms with Gasteiger partial charge < -0.3 is 10.2 Å². The summed E-state index contributed by atoms with van der Waals surface area (Å²) in [7, 11) is 0. The van der Waals surface area contributed by atoms with E-state index in [-0.39, 0.29) is 5.91 Å². The topological polar surface area (TPSA) is 48.5 Å². The van der Waals surface area contributed by atoms with Gasteiger partial charge >= 0.3 is 0 Å². The van der Waals surface area contributed by atoms with Crippen molar-refractivity contribution < 1.29 is 4.79 Å². The molecule has 5 nitrogen and oxygen atoms in total. The molecule has 1 atom stereocenters. The van der Waals surface area contributed by atoms with Crippen molar-refractivity contribution in [3.05, 3.63) is 53.9 Å². The SMILES string of the molecule is CC[C@H](C)CNC(=O)c1cncc(-c2ccc(CN3CCC(N4CCCC4)CC3)cc2)c1. The maximum absolute atomic E-state index is 12.5. The lowest BCUT2D eigenvalue weighted by molar-refractivity contribution is 0.0947. The van der Waals surface area contributed by atoms with Crippen LogP contribution in [0.4, 0.5) is 0 Å². The molecule has 1 amide bonds. The van der Waals surface area contributed by atoms with Crippen molar-refractivity contribution in [1.29, 1.82) is 0 Å². The molecule has 3 heterocycles. The number of amides is 1. The second-order valence-electron chi connectivity index (χ2n) is 9.63. The van der Waals surface area contributed by atoms with Crippen LogP contribution in [0, 0.1) is 5.92 Å². The molecule has 2 aromatic rings. The summed E-state index contributed by atoms with van der Waals surface area (Å²) in [5.41, 5.74) is 4.06. The highest BCUT2D eigenvalue weighted by Crippen LogP contribution is 2.24. The summed E-state index contributed by atoms with van der Waals surface area (Å²) in [5, 5.41) is 3.02. The first-order valence-electron chi connectivity index (χ1n) is 12.4. The first-order chi connectivity index (χ1) is 15.6. The van der Waals surface area contributed by atoms with E-state index < -0.39 is 0 Å². The van der Waals surface area contributed by atoms with Gasteiger partial charge in [-0.25, -0.2) is 0 Å². The van der Waals surface area contributed by atoms with Crippen molar-refractivity contribution in [3.8, 4) is 11.1 Å². The number of carbonyl (C=O) groups is 1. The van der Waals surface area contributed by atoms with Crippen molar-refractivity contribution >= 4 is 5.91 Å². The summed E-state index contributed by atoms with van der Waals surface area (Å²) in [4.78, 5) is 22.1. The highest BCUT2D eigenvalue weighted by Gasteiger charge is 2.26. The smallest absolute Gasteiger partial charge is 0.252 e. The molecule has 2 aliphatic rings. The van der Waals surface area contributed by atoms with E-state index in [1.54, 1.807) is 6.20 Å². The molecule has 5 heteroatoms. The molecule has 2 aliphatic heterocycles. The molecule has 0 aliphatic carbocycles. The number of hydrogen-bond donors (Lipinski definition) is 1. The summed E-state index contributed by atoms with van der Waals surface area (Å²) in [6.45, 7) is 11.0. The zero-order valence-electron chi connectivity index (χ0n) is 19.7. The minimum Gasteiger partial charge on any atom is -0.352 e. The summed E-state index contributed by atoms with van der Waals surface area (Å²) < 4.78 is 0. The zero-order valence-corrected chi connectivity index (χ0v) is 19.7. The standard InChI is InChI=1S/C27H38N4O/c1-3-21(2)17-29-27(32)25-16-24(18-28-19-25)23-8-6-22(7-9-23)20-30-14-10-26(11-15-30)31-12-4-5-13-31/h6-9,16,18-19,21,26H,3-5,10-15,17,20H2,1-2H3,(H,29,32)/t21-/m0/s1. The third kappa shape index (κ3) is 5.96. The monoisotopic (exact) mass is 434 g/mol. The fourth-order valence-electron chi connectivity index (χ4n) is 4.85. The second kappa shape index (κ2) is 11.1. The maximum Gasteiger partial charge on any atom is 0.252 e. The Morgan fingerprint density at radius 3 is 2.47 bits per heavy atom. The van der Waals surface area contributed by atoms with E-state index in [4.69, 9.17) is 0 Å². The van der Waals surface area contributed by atoms with E-state index >= 15 is 0 Å². The van der Waals surface area contributed by atoms with Gasteiger partial charge in [0.25, 0.3) is 5.91 Å². The van der Waals surface area contributed by atoms with Crippen LogP contribution >= 0.6 is 0 Å². The fraction of sp³-hybridized carbons (Fsp3) is 0.556. The fourth-order valence-corrected chi connectivity index (χ4v) is 4.85. The minimum absolute atomic E-state index is 0.0476. The molecule has 1 aromatic heterocycles. The molecule has 172 valence electrons. The Kier molecular flexibility index (Phi) is 7.93. The lowest BCUT2D eigenvalue weighted by Crippen LogP contribution is -2.43. The van der Waals surface area contributed by atoms with Gasteiger partial charge in [0.05, 0.1) is 5.56 Å². The number of carbonyl (C=O) groups excluding carboxylic acids is 1. The predicted octanol–water partition coefficient (Wildman–Crippen LogP) is 4.58. The van der Waals surface area contributed by atoms with E-state index in [0.717, 1.165) is 30.1 Å². The van der Waals surface area contributed by atoms with Gasteiger partial charge in [0, 0.05) is 37.1 Å². The molecular weight excluding hydrogens is 396 g/mol. The summed E-state index contributed by atoms with van der Waals surface area (Å²) in [5.74, 6) is 0.433. The van der Waals surface area contributed by atoms with E-state index in [9.17, 15) is 4.79 Å². The van der Waals surface area contributed by atoms with Crippen LogP contribution in [-0.4, -0.2) is 59.5 Å². The molecule has 2 saturated heterocycles. The molecule has 1 aromatic carbocycles. The third-order valence-electron chi connectivity index (χ3n) is 7.22. The Hall–Kier alpha value is -2.24. The summed E-state index contributed by atoms with van der Waals surface area (Å²) >= 11 is 0. The van der Waals surface area contributed by atoms with Crippen LogP contribution in [0.15, 0.2) is 42.7 Å². The average molecular weight is 435 g/mol. The average Bonchev–Trinajstić information content (AvgIpc) is 3.38. The molecule has 1 N–H and O–H groups in total. The number of hydrogen-bond acceptors (Lipinski definition) is 4. The third-order valence-corrected chi connectivity index (χ3v) is 7.22. The molecule has 4 rings (SSSR count). The van der Waals surface area contributed by atoms with Gasteiger partial charge in [0.15, 0.2) is 0 Å². The van der Waals surface area contributed by atoms with Crippen molar-refractivity contribution in [2.75, 3.05) is 32.7 Å². The largest absolute Gasteiger partial charge is 0.352 e.